The molecule has 1 aliphatic rings. The highest BCUT2D eigenvalue weighted by Gasteiger charge is 2.25. The zero-order chi connectivity index (χ0) is 26.1. The number of aromatic nitrogens is 4. The molecule has 5 rings (SSSR count). The van der Waals surface area contributed by atoms with Crippen LogP contribution in [0.3, 0.4) is 0 Å². The highest BCUT2D eigenvalue weighted by Crippen LogP contribution is 2.34. The molecule has 2 amide bonds. The van der Waals surface area contributed by atoms with Gasteiger partial charge in [0.05, 0.1) is 15.6 Å². The fourth-order valence-corrected chi connectivity index (χ4v) is 5.20. The maximum Gasteiger partial charge on any atom is 0.319 e. The van der Waals surface area contributed by atoms with Gasteiger partial charge in [-0.2, -0.15) is 5.10 Å². The first-order valence-electron chi connectivity index (χ1n) is 11.9. The molecule has 37 heavy (non-hydrogen) atoms. The van der Waals surface area contributed by atoms with Crippen molar-refractivity contribution in [2.24, 2.45) is 5.73 Å². The molecule has 3 aromatic heterocycles. The minimum absolute atomic E-state index is 0.0587. The summed E-state index contributed by atoms with van der Waals surface area (Å²) in [5.41, 5.74) is 10.3. The number of hydrogen-bond acceptors (Lipinski definition) is 6. The number of halogens is 2. The topological polar surface area (TPSA) is 113 Å². The molecule has 11 heteroatoms. The third-order valence-electron chi connectivity index (χ3n) is 6.60. The summed E-state index contributed by atoms with van der Waals surface area (Å²) in [4.78, 5) is 24.4. The number of H-pyrrole nitrogens is 1. The van der Waals surface area contributed by atoms with Gasteiger partial charge in [0.1, 0.15) is 11.4 Å². The Morgan fingerprint density at radius 3 is 2.51 bits per heavy atom. The lowest BCUT2D eigenvalue weighted by atomic mass is 9.93. The molecular formula is C26H27Cl2N7O2. The number of aromatic amines is 1. The number of nitrogens with one attached hydrogen (secondary N) is 1. The smallest absolute Gasteiger partial charge is 0.319 e. The number of carbonyl (C=O) groups excluding carboxylic acids is 1. The van der Waals surface area contributed by atoms with Crippen LogP contribution in [0.25, 0.3) is 22.2 Å². The molecule has 4 heterocycles. The Morgan fingerprint density at radius 1 is 1.14 bits per heavy atom. The van der Waals surface area contributed by atoms with Gasteiger partial charge in [0.25, 0.3) is 0 Å². The number of piperidine rings is 1. The first-order chi connectivity index (χ1) is 17.8. The summed E-state index contributed by atoms with van der Waals surface area (Å²) in [7, 11) is 3.56. The predicted molar refractivity (Wildman–Crippen MR) is 144 cm³/mol. The number of rotatable bonds is 5. The summed E-state index contributed by atoms with van der Waals surface area (Å²) in [6, 6.07) is 9.71. The van der Waals surface area contributed by atoms with Crippen molar-refractivity contribution in [3.8, 4) is 17.0 Å². The number of amides is 2. The third-order valence-corrected chi connectivity index (χ3v) is 7.20. The predicted octanol–water partition coefficient (Wildman–Crippen LogP) is 5.22. The first-order valence-corrected chi connectivity index (χ1v) is 12.7. The van der Waals surface area contributed by atoms with Crippen LogP contribution in [0.5, 0.6) is 5.75 Å². The lowest BCUT2D eigenvalue weighted by Gasteiger charge is -2.33. The van der Waals surface area contributed by atoms with Gasteiger partial charge in [-0.15, -0.1) is 0 Å². The molecular weight excluding hydrogens is 513 g/mol. The van der Waals surface area contributed by atoms with E-state index in [0.717, 1.165) is 53.8 Å². The van der Waals surface area contributed by atoms with Crippen LogP contribution in [-0.2, 0) is 0 Å². The van der Waals surface area contributed by atoms with Gasteiger partial charge in [-0.1, -0.05) is 23.2 Å². The number of urea groups is 1. The van der Waals surface area contributed by atoms with Crippen LogP contribution in [-0.4, -0.2) is 63.2 Å². The number of nitrogens with zero attached hydrogens (tertiary/aromatic N) is 5. The highest BCUT2D eigenvalue weighted by atomic mass is 35.5. The SMILES string of the molecule is CN(C)C(=O)N1CCC(c2ccc(-c3n[nH]c4ccc(O[C@H](N)c5c(Cl)cncc5Cl)cc34)cn2)CC1. The molecule has 1 saturated heterocycles. The Balaban J connectivity index is 1.32. The fourth-order valence-electron chi connectivity index (χ4n) is 4.62. The number of benzene rings is 1. The Bertz CT molecular complexity index is 1400. The molecule has 3 N–H and O–H groups in total. The number of likely N-dealkylation sites (tertiary alicyclic amines) is 1. The van der Waals surface area contributed by atoms with Crippen molar-refractivity contribution in [3.63, 3.8) is 0 Å². The van der Waals surface area contributed by atoms with Crippen molar-refractivity contribution in [1.82, 2.24) is 30.0 Å². The van der Waals surface area contributed by atoms with Crippen molar-refractivity contribution in [2.75, 3.05) is 27.2 Å². The monoisotopic (exact) mass is 539 g/mol. The normalized spacial score (nSPS) is 15.1. The van der Waals surface area contributed by atoms with Gasteiger partial charge < -0.3 is 14.5 Å². The van der Waals surface area contributed by atoms with Crippen molar-refractivity contribution in [2.45, 2.75) is 25.0 Å². The quantitative estimate of drug-likeness (QED) is 0.336. The average molecular weight is 540 g/mol. The van der Waals surface area contributed by atoms with Crippen LogP contribution in [0.1, 0.15) is 36.2 Å². The number of ether oxygens (including phenoxy) is 1. The molecule has 192 valence electrons. The van der Waals surface area contributed by atoms with Crippen molar-refractivity contribution >= 4 is 40.1 Å². The zero-order valence-electron chi connectivity index (χ0n) is 20.5. The van der Waals surface area contributed by atoms with Crippen molar-refractivity contribution in [1.29, 1.82) is 0 Å². The van der Waals surface area contributed by atoms with Gasteiger partial charge in [-0.05, 0) is 43.2 Å². The minimum Gasteiger partial charge on any atom is -0.471 e. The largest absolute Gasteiger partial charge is 0.471 e. The Morgan fingerprint density at radius 2 is 1.86 bits per heavy atom. The molecule has 1 aliphatic heterocycles. The van der Waals surface area contributed by atoms with E-state index >= 15 is 0 Å². The molecule has 0 bridgehead atoms. The second-order valence-corrected chi connectivity index (χ2v) is 10.1. The lowest BCUT2D eigenvalue weighted by Crippen LogP contribution is -2.43. The van der Waals surface area contributed by atoms with E-state index in [4.69, 9.17) is 38.7 Å². The number of fused-ring (bicyclic) bond motifs is 1. The zero-order valence-corrected chi connectivity index (χ0v) is 22.0. The fraction of sp³-hybridized carbons (Fsp3) is 0.308. The summed E-state index contributed by atoms with van der Waals surface area (Å²) in [6.07, 6.45) is 5.72. The molecule has 9 nitrogen and oxygen atoms in total. The molecule has 1 atom stereocenters. The van der Waals surface area contributed by atoms with Gasteiger partial charge in [0.15, 0.2) is 6.23 Å². The molecule has 0 aliphatic carbocycles. The van der Waals surface area contributed by atoms with Crippen LogP contribution in [0.4, 0.5) is 4.79 Å². The summed E-state index contributed by atoms with van der Waals surface area (Å²) in [5, 5.41) is 9.13. The molecule has 1 aromatic carbocycles. The third kappa shape index (κ3) is 5.20. The molecule has 0 unspecified atom stereocenters. The van der Waals surface area contributed by atoms with E-state index in [1.165, 1.54) is 12.4 Å². The van der Waals surface area contributed by atoms with Crippen LogP contribution in [0.15, 0.2) is 48.9 Å². The van der Waals surface area contributed by atoms with Gasteiger partial charge in [0.2, 0.25) is 0 Å². The summed E-state index contributed by atoms with van der Waals surface area (Å²) in [5.74, 6) is 0.875. The summed E-state index contributed by atoms with van der Waals surface area (Å²) >= 11 is 12.5. The van der Waals surface area contributed by atoms with Crippen LogP contribution in [0, 0.1) is 0 Å². The first kappa shape index (κ1) is 25.3. The van der Waals surface area contributed by atoms with Gasteiger partial charge >= 0.3 is 6.03 Å². The van der Waals surface area contributed by atoms with Crippen LogP contribution in [0.2, 0.25) is 10.0 Å². The van der Waals surface area contributed by atoms with Gasteiger partial charge in [-0.25, -0.2) is 4.79 Å². The highest BCUT2D eigenvalue weighted by molar-refractivity contribution is 6.35. The Hall–Kier alpha value is -3.40. The standard InChI is InChI=1S/C26H27Cl2N7O2/c1-34(2)26(36)35-9-7-15(8-10-35)21-5-3-16(12-31-21)24-18-11-17(4-6-22(18)32-33-24)37-25(29)23-19(27)13-30-14-20(23)28/h3-6,11-15,25H,7-10,29H2,1-2H3,(H,32,33)/t25-/m0/s1. The molecule has 4 aromatic rings. The summed E-state index contributed by atoms with van der Waals surface area (Å²) < 4.78 is 5.96. The van der Waals surface area contributed by atoms with E-state index in [1.807, 2.05) is 41.4 Å². The van der Waals surface area contributed by atoms with E-state index in [2.05, 4.69) is 15.2 Å². The van der Waals surface area contributed by atoms with Crippen LogP contribution >= 0.6 is 23.2 Å². The molecule has 0 saturated carbocycles. The van der Waals surface area contributed by atoms with E-state index in [1.54, 1.807) is 19.0 Å². The van der Waals surface area contributed by atoms with E-state index in [0.29, 0.717) is 27.3 Å². The van der Waals surface area contributed by atoms with E-state index in [9.17, 15) is 4.79 Å². The number of pyridine rings is 2. The van der Waals surface area contributed by atoms with E-state index < -0.39 is 6.23 Å². The number of carbonyl (C=O) groups is 1. The van der Waals surface area contributed by atoms with Crippen molar-refractivity contribution < 1.29 is 9.53 Å². The molecule has 0 radical (unpaired) electrons. The Labute approximate surface area is 224 Å². The van der Waals surface area contributed by atoms with Crippen LogP contribution < -0.4 is 10.5 Å². The number of hydrogen-bond donors (Lipinski definition) is 2. The van der Waals surface area contributed by atoms with Gasteiger partial charge in [-0.3, -0.25) is 20.8 Å². The summed E-state index contributed by atoms with van der Waals surface area (Å²) in [6.45, 7) is 1.46. The lowest BCUT2D eigenvalue weighted by molar-refractivity contribution is 0.156. The number of nitrogens with two attached hydrogens (primary N) is 1. The molecule has 0 spiro atoms. The van der Waals surface area contributed by atoms with E-state index in [-0.39, 0.29) is 6.03 Å². The second kappa shape index (κ2) is 10.5. The minimum atomic E-state index is -0.865. The van der Waals surface area contributed by atoms with Gasteiger partial charge in [0, 0.05) is 73.9 Å². The molecule has 1 fully saturated rings. The van der Waals surface area contributed by atoms with Crippen molar-refractivity contribution in [3.05, 3.63) is 70.2 Å². The second-order valence-electron chi connectivity index (χ2n) is 9.24. The maximum atomic E-state index is 12.2. The maximum absolute atomic E-state index is 12.2. The Kier molecular flexibility index (Phi) is 7.19. The average Bonchev–Trinajstić information content (AvgIpc) is 3.31.